The van der Waals surface area contributed by atoms with Crippen LogP contribution >= 0.6 is 0 Å². The van der Waals surface area contributed by atoms with Crippen molar-refractivity contribution < 1.29 is 4.74 Å². The standard InChI is InChI=1S/C21H30O/c1-3-5-6-16-22-17-19-10-14-21(15-11-19)20-12-8-18(7-4-2)9-13-20/h3-4,10-11,14-15,18,20H,1-2,5-9,12-13,16-17H2/t18-,20-. The Morgan fingerprint density at radius 2 is 1.73 bits per heavy atom. The predicted molar refractivity (Wildman–Crippen MR) is 95.0 cm³/mol. The van der Waals surface area contributed by atoms with Crippen LogP contribution in [0.1, 0.15) is 62.0 Å². The van der Waals surface area contributed by atoms with Crippen molar-refractivity contribution in [1.82, 2.24) is 0 Å². The summed E-state index contributed by atoms with van der Waals surface area (Å²) in [4.78, 5) is 0. The first kappa shape index (κ1) is 17.0. The molecule has 0 aromatic heterocycles. The summed E-state index contributed by atoms with van der Waals surface area (Å²) in [6.45, 7) is 9.14. The van der Waals surface area contributed by atoms with Gasteiger partial charge < -0.3 is 4.74 Å². The number of benzene rings is 1. The van der Waals surface area contributed by atoms with Gasteiger partial charge in [0, 0.05) is 6.61 Å². The molecule has 0 amide bonds. The lowest BCUT2D eigenvalue weighted by atomic mass is 9.77. The van der Waals surface area contributed by atoms with Crippen molar-refractivity contribution in [2.75, 3.05) is 6.61 Å². The van der Waals surface area contributed by atoms with Crippen LogP contribution in [0.25, 0.3) is 0 Å². The summed E-state index contributed by atoms with van der Waals surface area (Å²) in [7, 11) is 0. The molecule has 1 saturated carbocycles. The van der Waals surface area contributed by atoms with E-state index < -0.39 is 0 Å². The summed E-state index contributed by atoms with van der Waals surface area (Å²) in [5.74, 6) is 1.63. The lowest BCUT2D eigenvalue weighted by Crippen LogP contribution is -2.12. The van der Waals surface area contributed by atoms with Crippen LogP contribution in [0.5, 0.6) is 0 Å². The molecule has 0 aliphatic heterocycles. The van der Waals surface area contributed by atoms with Crippen molar-refractivity contribution in [2.45, 2.75) is 57.5 Å². The molecule has 1 fully saturated rings. The lowest BCUT2D eigenvalue weighted by molar-refractivity contribution is 0.119. The Labute approximate surface area is 136 Å². The Morgan fingerprint density at radius 3 is 2.36 bits per heavy atom. The Hall–Kier alpha value is -1.34. The average Bonchev–Trinajstić information content (AvgIpc) is 2.56. The van der Waals surface area contributed by atoms with Crippen molar-refractivity contribution in [3.05, 3.63) is 60.7 Å². The molecule has 0 bridgehead atoms. The van der Waals surface area contributed by atoms with Crippen LogP contribution in [-0.2, 0) is 11.3 Å². The molecule has 1 aromatic carbocycles. The number of rotatable bonds is 9. The van der Waals surface area contributed by atoms with Gasteiger partial charge >= 0.3 is 0 Å². The van der Waals surface area contributed by atoms with E-state index in [1.165, 1.54) is 43.2 Å². The van der Waals surface area contributed by atoms with Crippen LogP contribution < -0.4 is 0 Å². The first-order chi connectivity index (χ1) is 10.8. The van der Waals surface area contributed by atoms with Crippen molar-refractivity contribution in [3.8, 4) is 0 Å². The molecule has 0 atom stereocenters. The molecule has 1 aliphatic rings. The van der Waals surface area contributed by atoms with Gasteiger partial charge in [-0.05, 0) is 67.9 Å². The van der Waals surface area contributed by atoms with E-state index in [9.17, 15) is 0 Å². The molecular formula is C21H30O. The van der Waals surface area contributed by atoms with Gasteiger partial charge in [-0.15, -0.1) is 13.2 Å². The second kappa shape index (κ2) is 9.63. The maximum absolute atomic E-state index is 5.69. The highest BCUT2D eigenvalue weighted by atomic mass is 16.5. The SMILES string of the molecule is C=CCCCOCc1ccc([C@H]2CC[C@H](CC=C)CC2)cc1. The largest absolute Gasteiger partial charge is 0.377 e. The second-order valence-corrected chi connectivity index (χ2v) is 6.47. The lowest BCUT2D eigenvalue weighted by Gasteiger charge is -2.28. The predicted octanol–water partition coefficient (Wildman–Crippen LogP) is 6.02. The van der Waals surface area contributed by atoms with Crippen LogP contribution in [0.2, 0.25) is 0 Å². The van der Waals surface area contributed by atoms with Crippen LogP contribution in [0.4, 0.5) is 0 Å². The zero-order valence-corrected chi connectivity index (χ0v) is 13.8. The van der Waals surface area contributed by atoms with Gasteiger partial charge in [0.1, 0.15) is 0 Å². The molecule has 1 aromatic rings. The third-order valence-corrected chi connectivity index (χ3v) is 4.76. The summed E-state index contributed by atoms with van der Waals surface area (Å²) < 4.78 is 5.69. The van der Waals surface area contributed by atoms with Crippen molar-refractivity contribution >= 4 is 0 Å². The average molecular weight is 298 g/mol. The van der Waals surface area contributed by atoms with E-state index in [1.807, 2.05) is 6.08 Å². The fourth-order valence-electron chi connectivity index (χ4n) is 3.37. The molecule has 0 saturated heterocycles. The molecule has 120 valence electrons. The van der Waals surface area contributed by atoms with Crippen molar-refractivity contribution in [2.24, 2.45) is 5.92 Å². The van der Waals surface area contributed by atoms with E-state index >= 15 is 0 Å². The van der Waals surface area contributed by atoms with E-state index in [1.54, 1.807) is 0 Å². The number of hydrogen-bond donors (Lipinski definition) is 0. The molecule has 0 heterocycles. The molecule has 0 unspecified atom stereocenters. The molecule has 0 spiro atoms. The number of hydrogen-bond acceptors (Lipinski definition) is 1. The Bertz CT molecular complexity index is 437. The summed E-state index contributed by atoms with van der Waals surface area (Å²) in [5, 5.41) is 0. The zero-order chi connectivity index (χ0) is 15.6. The highest BCUT2D eigenvalue weighted by molar-refractivity contribution is 5.25. The molecule has 0 N–H and O–H groups in total. The Kier molecular flexibility index (Phi) is 7.45. The quantitative estimate of drug-likeness (QED) is 0.400. The minimum Gasteiger partial charge on any atom is -0.377 e. The zero-order valence-electron chi connectivity index (χ0n) is 13.8. The van der Waals surface area contributed by atoms with Gasteiger partial charge in [0.15, 0.2) is 0 Å². The van der Waals surface area contributed by atoms with Gasteiger partial charge in [0.25, 0.3) is 0 Å². The number of ether oxygens (including phenoxy) is 1. The van der Waals surface area contributed by atoms with Crippen molar-refractivity contribution in [3.63, 3.8) is 0 Å². The van der Waals surface area contributed by atoms with E-state index in [0.717, 1.165) is 37.9 Å². The summed E-state index contributed by atoms with van der Waals surface area (Å²) >= 11 is 0. The first-order valence-electron chi connectivity index (χ1n) is 8.72. The molecule has 22 heavy (non-hydrogen) atoms. The molecule has 1 nitrogen and oxygen atoms in total. The van der Waals surface area contributed by atoms with Gasteiger partial charge in [0.2, 0.25) is 0 Å². The fraction of sp³-hybridized carbons (Fsp3) is 0.524. The smallest absolute Gasteiger partial charge is 0.0716 e. The molecular weight excluding hydrogens is 268 g/mol. The van der Waals surface area contributed by atoms with Crippen LogP contribution in [0.3, 0.4) is 0 Å². The van der Waals surface area contributed by atoms with E-state index in [-0.39, 0.29) is 0 Å². The highest BCUT2D eigenvalue weighted by Crippen LogP contribution is 2.37. The molecule has 0 radical (unpaired) electrons. The van der Waals surface area contributed by atoms with Gasteiger partial charge in [-0.25, -0.2) is 0 Å². The normalized spacial score (nSPS) is 21.5. The fourth-order valence-corrected chi connectivity index (χ4v) is 3.37. The van der Waals surface area contributed by atoms with E-state index in [2.05, 4.69) is 43.5 Å². The topological polar surface area (TPSA) is 9.23 Å². The third-order valence-electron chi connectivity index (χ3n) is 4.76. The maximum atomic E-state index is 5.69. The molecule has 1 aliphatic carbocycles. The van der Waals surface area contributed by atoms with Gasteiger partial charge in [0.05, 0.1) is 6.61 Å². The monoisotopic (exact) mass is 298 g/mol. The summed E-state index contributed by atoms with van der Waals surface area (Å²) in [6, 6.07) is 9.08. The van der Waals surface area contributed by atoms with Gasteiger partial charge in [-0.1, -0.05) is 36.4 Å². The van der Waals surface area contributed by atoms with Crippen LogP contribution in [-0.4, -0.2) is 6.61 Å². The second-order valence-electron chi connectivity index (χ2n) is 6.47. The van der Waals surface area contributed by atoms with Crippen molar-refractivity contribution in [1.29, 1.82) is 0 Å². The van der Waals surface area contributed by atoms with Crippen LogP contribution in [0.15, 0.2) is 49.6 Å². The molecule has 2 rings (SSSR count). The first-order valence-corrected chi connectivity index (χ1v) is 8.72. The minimum absolute atomic E-state index is 0.726. The Morgan fingerprint density at radius 1 is 1.00 bits per heavy atom. The van der Waals surface area contributed by atoms with Crippen LogP contribution in [0, 0.1) is 5.92 Å². The van der Waals surface area contributed by atoms with Gasteiger partial charge in [-0.3, -0.25) is 0 Å². The molecule has 1 heteroatoms. The third kappa shape index (κ3) is 5.46. The van der Waals surface area contributed by atoms with E-state index in [4.69, 9.17) is 4.74 Å². The van der Waals surface area contributed by atoms with Gasteiger partial charge in [-0.2, -0.15) is 0 Å². The maximum Gasteiger partial charge on any atom is 0.0716 e. The van der Waals surface area contributed by atoms with E-state index in [0.29, 0.717) is 0 Å². The minimum atomic E-state index is 0.726. The highest BCUT2D eigenvalue weighted by Gasteiger charge is 2.21. The summed E-state index contributed by atoms with van der Waals surface area (Å²) in [5.41, 5.74) is 2.79. The number of allylic oxidation sites excluding steroid dienone is 2. The summed E-state index contributed by atoms with van der Waals surface area (Å²) in [6.07, 6.45) is 12.7. The number of unbranched alkanes of at least 4 members (excludes halogenated alkanes) is 1. The Balaban J connectivity index is 1.74.